The molecule has 1 fully saturated rings. The first-order valence-electron chi connectivity index (χ1n) is 9.00. The van der Waals surface area contributed by atoms with E-state index >= 15 is 0 Å². The SMILES string of the molecule is Cc1ccc(-c2ccsc2C(=O)N2CCN(C(=O)C(C)(C)C)CC2)cc1. The molecule has 0 radical (unpaired) electrons. The predicted molar refractivity (Wildman–Crippen MR) is 106 cm³/mol. The molecule has 1 saturated heterocycles. The van der Waals surface area contributed by atoms with Crippen molar-refractivity contribution in [2.75, 3.05) is 26.2 Å². The van der Waals surface area contributed by atoms with E-state index in [1.165, 1.54) is 16.9 Å². The summed E-state index contributed by atoms with van der Waals surface area (Å²) >= 11 is 1.49. The van der Waals surface area contributed by atoms with E-state index in [9.17, 15) is 9.59 Å². The molecule has 0 spiro atoms. The van der Waals surface area contributed by atoms with Crippen LogP contribution < -0.4 is 0 Å². The standard InChI is InChI=1S/C21H26N2O2S/c1-15-5-7-16(8-6-15)17-9-14-26-18(17)19(24)22-10-12-23(13-11-22)20(25)21(2,3)4/h5-9,14H,10-13H2,1-4H3. The van der Waals surface area contributed by atoms with Crippen LogP contribution in [0.1, 0.15) is 36.0 Å². The van der Waals surface area contributed by atoms with Gasteiger partial charge >= 0.3 is 0 Å². The Morgan fingerprint density at radius 2 is 1.50 bits per heavy atom. The first kappa shape index (κ1) is 18.6. The van der Waals surface area contributed by atoms with Crippen molar-refractivity contribution >= 4 is 23.2 Å². The van der Waals surface area contributed by atoms with Gasteiger partial charge < -0.3 is 9.80 Å². The molecule has 138 valence electrons. The molecule has 0 atom stereocenters. The van der Waals surface area contributed by atoms with Gasteiger partial charge in [0.2, 0.25) is 5.91 Å². The fourth-order valence-corrected chi connectivity index (χ4v) is 4.05. The highest BCUT2D eigenvalue weighted by Gasteiger charge is 2.31. The van der Waals surface area contributed by atoms with Crippen LogP contribution in [0.3, 0.4) is 0 Å². The fraction of sp³-hybridized carbons (Fsp3) is 0.429. The molecular formula is C21H26N2O2S. The first-order valence-corrected chi connectivity index (χ1v) is 9.88. The highest BCUT2D eigenvalue weighted by Crippen LogP contribution is 2.30. The molecule has 0 aliphatic carbocycles. The van der Waals surface area contributed by atoms with E-state index < -0.39 is 0 Å². The molecule has 26 heavy (non-hydrogen) atoms. The maximum atomic E-state index is 13.0. The Balaban J connectivity index is 1.71. The summed E-state index contributed by atoms with van der Waals surface area (Å²) < 4.78 is 0. The van der Waals surface area contributed by atoms with Crippen molar-refractivity contribution in [3.63, 3.8) is 0 Å². The second-order valence-corrected chi connectivity index (χ2v) is 8.78. The van der Waals surface area contributed by atoms with Crippen LogP contribution in [0.25, 0.3) is 11.1 Å². The third-order valence-electron chi connectivity index (χ3n) is 4.72. The Bertz CT molecular complexity index is 794. The largest absolute Gasteiger partial charge is 0.339 e. The summed E-state index contributed by atoms with van der Waals surface area (Å²) in [7, 11) is 0. The van der Waals surface area contributed by atoms with Crippen LogP contribution in [0.4, 0.5) is 0 Å². The van der Waals surface area contributed by atoms with Crippen LogP contribution in [0.2, 0.25) is 0 Å². The van der Waals surface area contributed by atoms with E-state index in [4.69, 9.17) is 0 Å². The Hall–Kier alpha value is -2.14. The molecular weight excluding hydrogens is 344 g/mol. The summed E-state index contributed by atoms with van der Waals surface area (Å²) in [6.45, 7) is 10.3. The third kappa shape index (κ3) is 3.83. The number of nitrogens with zero attached hydrogens (tertiary/aromatic N) is 2. The Morgan fingerprint density at radius 1 is 0.923 bits per heavy atom. The van der Waals surface area contributed by atoms with Crippen molar-refractivity contribution in [3.05, 3.63) is 46.2 Å². The number of aryl methyl sites for hydroxylation is 1. The van der Waals surface area contributed by atoms with Crippen molar-refractivity contribution in [1.29, 1.82) is 0 Å². The number of rotatable bonds is 2. The Morgan fingerprint density at radius 3 is 2.08 bits per heavy atom. The monoisotopic (exact) mass is 370 g/mol. The van der Waals surface area contributed by atoms with Crippen molar-refractivity contribution in [1.82, 2.24) is 9.80 Å². The number of carbonyl (C=O) groups is 2. The van der Waals surface area contributed by atoms with Gasteiger partial charge in [0.15, 0.2) is 0 Å². The number of benzene rings is 1. The van der Waals surface area contributed by atoms with E-state index in [2.05, 4.69) is 31.2 Å². The number of amides is 2. The molecule has 1 aliphatic rings. The molecule has 2 aromatic rings. The highest BCUT2D eigenvalue weighted by atomic mass is 32.1. The summed E-state index contributed by atoms with van der Waals surface area (Å²) in [4.78, 5) is 30.0. The van der Waals surface area contributed by atoms with Gasteiger partial charge in [-0.1, -0.05) is 50.6 Å². The minimum Gasteiger partial charge on any atom is -0.339 e. The molecule has 0 unspecified atom stereocenters. The summed E-state index contributed by atoms with van der Waals surface area (Å²) in [5.41, 5.74) is 2.89. The highest BCUT2D eigenvalue weighted by molar-refractivity contribution is 7.12. The lowest BCUT2D eigenvalue weighted by Crippen LogP contribution is -2.53. The number of hydrogen-bond donors (Lipinski definition) is 0. The zero-order valence-corrected chi connectivity index (χ0v) is 16.7. The lowest BCUT2D eigenvalue weighted by Gasteiger charge is -2.37. The molecule has 0 saturated carbocycles. The van der Waals surface area contributed by atoms with Gasteiger partial charge in [-0.25, -0.2) is 0 Å². The minimum absolute atomic E-state index is 0.0680. The molecule has 0 bridgehead atoms. The van der Waals surface area contributed by atoms with Crippen molar-refractivity contribution in [2.24, 2.45) is 5.41 Å². The van der Waals surface area contributed by atoms with Gasteiger partial charge in [-0.2, -0.15) is 0 Å². The average molecular weight is 371 g/mol. The minimum atomic E-state index is -0.376. The number of carbonyl (C=O) groups excluding carboxylic acids is 2. The van der Waals surface area contributed by atoms with Crippen LogP contribution >= 0.6 is 11.3 Å². The van der Waals surface area contributed by atoms with E-state index in [-0.39, 0.29) is 17.2 Å². The van der Waals surface area contributed by atoms with Crippen LogP contribution in [0.5, 0.6) is 0 Å². The molecule has 1 aromatic heterocycles. The Labute approximate surface area is 159 Å². The normalized spacial score (nSPS) is 15.2. The zero-order chi connectivity index (χ0) is 18.9. The van der Waals surface area contributed by atoms with E-state index in [1.54, 1.807) is 0 Å². The lowest BCUT2D eigenvalue weighted by atomic mass is 9.94. The third-order valence-corrected chi connectivity index (χ3v) is 5.62. The predicted octanol–water partition coefficient (Wildman–Crippen LogP) is 4.05. The summed E-state index contributed by atoms with van der Waals surface area (Å²) in [6, 6.07) is 10.3. The second kappa shape index (κ2) is 7.23. The Kier molecular flexibility index (Phi) is 5.19. The second-order valence-electron chi connectivity index (χ2n) is 7.86. The fourth-order valence-electron chi connectivity index (χ4n) is 3.17. The zero-order valence-electron chi connectivity index (χ0n) is 15.9. The molecule has 2 heterocycles. The quantitative estimate of drug-likeness (QED) is 0.800. The van der Waals surface area contributed by atoms with E-state index in [0.717, 1.165) is 16.0 Å². The van der Waals surface area contributed by atoms with Crippen LogP contribution in [-0.4, -0.2) is 47.8 Å². The molecule has 2 amide bonds. The van der Waals surface area contributed by atoms with Crippen molar-refractivity contribution < 1.29 is 9.59 Å². The van der Waals surface area contributed by atoms with Gasteiger partial charge in [-0.3, -0.25) is 9.59 Å². The first-order chi connectivity index (χ1) is 12.3. The van der Waals surface area contributed by atoms with Gasteiger partial charge in [-0.05, 0) is 23.9 Å². The number of piperazine rings is 1. The average Bonchev–Trinajstić information content (AvgIpc) is 3.10. The summed E-state index contributed by atoms with van der Waals surface area (Å²) in [5, 5.41) is 1.97. The van der Waals surface area contributed by atoms with Crippen molar-refractivity contribution in [3.8, 4) is 11.1 Å². The molecule has 3 rings (SSSR count). The molecule has 4 nitrogen and oxygen atoms in total. The summed E-state index contributed by atoms with van der Waals surface area (Å²) in [5.74, 6) is 0.222. The maximum absolute atomic E-state index is 13.0. The van der Waals surface area contributed by atoms with E-state index in [1.807, 2.05) is 42.0 Å². The summed E-state index contributed by atoms with van der Waals surface area (Å²) in [6.07, 6.45) is 0. The van der Waals surface area contributed by atoms with Gasteiger partial charge in [0.1, 0.15) is 0 Å². The molecule has 0 N–H and O–H groups in total. The lowest BCUT2D eigenvalue weighted by molar-refractivity contribution is -0.140. The number of hydrogen-bond acceptors (Lipinski definition) is 3. The van der Waals surface area contributed by atoms with Gasteiger partial charge in [0.05, 0.1) is 4.88 Å². The topological polar surface area (TPSA) is 40.6 Å². The van der Waals surface area contributed by atoms with Gasteiger partial charge in [-0.15, -0.1) is 11.3 Å². The van der Waals surface area contributed by atoms with E-state index in [0.29, 0.717) is 26.2 Å². The van der Waals surface area contributed by atoms with Gasteiger partial charge in [0.25, 0.3) is 5.91 Å². The maximum Gasteiger partial charge on any atom is 0.264 e. The molecule has 5 heteroatoms. The van der Waals surface area contributed by atoms with Crippen LogP contribution in [0.15, 0.2) is 35.7 Å². The molecule has 1 aromatic carbocycles. The van der Waals surface area contributed by atoms with Crippen molar-refractivity contribution in [2.45, 2.75) is 27.7 Å². The molecule has 1 aliphatic heterocycles. The van der Waals surface area contributed by atoms with Crippen LogP contribution in [0, 0.1) is 12.3 Å². The number of thiophene rings is 1. The van der Waals surface area contributed by atoms with Crippen LogP contribution in [-0.2, 0) is 4.79 Å². The smallest absolute Gasteiger partial charge is 0.264 e. The van der Waals surface area contributed by atoms with Gasteiger partial charge in [0, 0.05) is 37.2 Å².